The molecule has 2 aromatic carbocycles. The van der Waals surface area contributed by atoms with Gasteiger partial charge >= 0.3 is 0 Å². The van der Waals surface area contributed by atoms with Crippen LogP contribution in [0.25, 0.3) is 5.69 Å². The van der Waals surface area contributed by atoms with Gasteiger partial charge in [0.25, 0.3) is 0 Å². The van der Waals surface area contributed by atoms with E-state index >= 15 is 0 Å². The Morgan fingerprint density at radius 3 is 1.78 bits per heavy atom. The lowest BCUT2D eigenvalue weighted by molar-refractivity contribution is -0.116. The van der Waals surface area contributed by atoms with Crippen LogP contribution in [0.3, 0.4) is 0 Å². The van der Waals surface area contributed by atoms with Crippen LogP contribution in [0.4, 0.5) is 0 Å². The molecule has 0 amide bonds. The van der Waals surface area contributed by atoms with Crippen LogP contribution in [0, 0.1) is 0 Å². The highest BCUT2D eigenvalue weighted by Crippen LogP contribution is 2.42. The van der Waals surface area contributed by atoms with E-state index in [-0.39, 0.29) is 34.5 Å². The van der Waals surface area contributed by atoms with Crippen LogP contribution in [-0.4, -0.2) is 32.1 Å². The first-order chi connectivity index (χ1) is 12.9. The molecule has 1 aliphatic carbocycles. The SMILES string of the molecule is CC(=O)Cc1ccc(-n2c(O)c3c(c2O)C(=O)c2ccccc2C3=O)cc1. The highest BCUT2D eigenvalue weighted by atomic mass is 16.3. The topological polar surface area (TPSA) is 96.6 Å². The van der Waals surface area contributed by atoms with Crippen molar-refractivity contribution in [1.29, 1.82) is 0 Å². The second-order valence-electron chi connectivity index (χ2n) is 6.48. The van der Waals surface area contributed by atoms with Gasteiger partial charge in [-0.1, -0.05) is 36.4 Å². The largest absolute Gasteiger partial charge is 0.494 e. The molecular weight excluding hydrogens is 346 g/mol. The zero-order valence-electron chi connectivity index (χ0n) is 14.4. The molecule has 6 nitrogen and oxygen atoms in total. The first kappa shape index (κ1) is 16.8. The third kappa shape index (κ3) is 2.45. The number of carbonyl (C=O) groups is 3. The minimum absolute atomic E-state index is 0.0128. The average Bonchev–Trinajstić information content (AvgIpc) is 2.91. The molecule has 1 aliphatic rings. The van der Waals surface area contributed by atoms with Crippen LogP contribution in [0.1, 0.15) is 44.3 Å². The molecule has 0 radical (unpaired) electrons. The Bertz CT molecular complexity index is 1060. The number of nitrogens with zero attached hydrogens (tertiary/aromatic N) is 1. The van der Waals surface area contributed by atoms with Gasteiger partial charge in [0.2, 0.25) is 11.8 Å². The second-order valence-corrected chi connectivity index (χ2v) is 6.48. The predicted molar refractivity (Wildman–Crippen MR) is 96.8 cm³/mol. The number of ketones is 3. The van der Waals surface area contributed by atoms with Crippen LogP contribution >= 0.6 is 0 Å². The first-order valence-electron chi connectivity index (χ1n) is 8.34. The Balaban J connectivity index is 1.87. The first-order valence-corrected chi connectivity index (χ1v) is 8.34. The molecule has 27 heavy (non-hydrogen) atoms. The Hall–Kier alpha value is -3.67. The van der Waals surface area contributed by atoms with E-state index in [9.17, 15) is 24.6 Å². The molecule has 0 saturated carbocycles. The maximum atomic E-state index is 12.8. The Labute approximate surface area is 154 Å². The number of aromatic nitrogens is 1. The van der Waals surface area contributed by atoms with E-state index in [0.717, 1.165) is 10.1 Å². The van der Waals surface area contributed by atoms with Crippen molar-refractivity contribution in [2.45, 2.75) is 13.3 Å². The van der Waals surface area contributed by atoms with E-state index < -0.39 is 23.3 Å². The summed E-state index contributed by atoms with van der Waals surface area (Å²) >= 11 is 0. The average molecular weight is 361 g/mol. The van der Waals surface area contributed by atoms with Gasteiger partial charge in [0.1, 0.15) is 5.78 Å². The minimum Gasteiger partial charge on any atom is -0.494 e. The van der Waals surface area contributed by atoms with Crippen molar-refractivity contribution < 1.29 is 24.6 Å². The lowest BCUT2D eigenvalue weighted by Gasteiger charge is -2.13. The fourth-order valence-electron chi connectivity index (χ4n) is 3.42. The monoisotopic (exact) mass is 361 g/mol. The molecule has 0 unspecified atom stereocenters. The van der Waals surface area contributed by atoms with Crippen molar-refractivity contribution in [3.8, 4) is 17.4 Å². The fraction of sp³-hybridized carbons (Fsp3) is 0.0952. The minimum atomic E-state index is -0.514. The molecule has 0 atom stereocenters. The summed E-state index contributed by atoms with van der Waals surface area (Å²) in [4.78, 5) is 36.8. The maximum absolute atomic E-state index is 12.8. The van der Waals surface area contributed by atoms with Crippen LogP contribution in [0.2, 0.25) is 0 Å². The zero-order chi connectivity index (χ0) is 19.3. The number of Topliss-reactive ketones (excluding diaryl/α,β-unsaturated/α-hetero) is 1. The number of carbonyl (C=O) groups excluding carboxylic acids is 3. The number of fused-ring (bicyclic) bond motifs is 2. The Kier molecular flexibility index (Phi) is 3.70. The number of hydrogen-bond acceptors (Lipinski definition) is 5. The third-order valence-corrected chi connectivity index (χ3v) is 4.64. The molecule has 3 aromatic rings. The Morgan fingerprint density at radius 2 is 1.33 bits per heavy atom. The van der Waals surface area contributed by atoms with Gasteiger partial charge in [-0.3, -0.25) is 19.0 Å². The van der Waals surface area contributed by atoms with Crippen molar-refractivity contribution >= 4 is 17.3 Å². The van der Waals surface area contributed by atoms with Gasteiger partial charge < -0.3 is 10.2 Å². The molecule has 6 heteroatoms. The summed E-state index contributed by atoms with van der Waals surface area (Å²) in [5, 5.41) is 21.2. The summed E-state index contributed by atoms with van der Waals surface area (Å²) in [6.07, 6.45) is 0.271. The highest BCUT2D eigenvalue weighted by molar-refractivity contribution is 6.30. The molecule has 0 spiro atoms. The maximum Gasteiger partial charge on any atom is 0.210 e. The van der Waals surface area contributed by atoms with Gasteiger partial charge in [-0.05, 0) is 24.6 Å². The smallest absolute Gasteiger partial charge is 0.210 e. The van der Waals surface area contributed by atoms with Crippen LogP contribution < -0.4 is 0 Å². The van der Waals surface area contributed by atoms with Gasteiger partial charge in [-0.2, -0.15) is 0 Å². The van der Waals surface area contributed by atoms with Crippen molar-refractivity contribution in [3.05, 3.63) is 76.3 Å². The molecule has 2 N–H and O–H groups in total. The van der Waals surface area contributed by atoms with E-state index in [4.69, 9.17) is 0 Å². The molecule has 1 heterocycles. The molecule has 0 saturated heterocycles. The predicted octanol–water partition coefficient (Wildman–Crippen LogP) is 2.80. The molecule has 0 aliphatic heterocycles. The molecule has 0 fully saturated rings. The van der Waals surface area contributed by atoms with E-state index in [2.05, 4.69) is 0 Å². The van der Waals surface area contributed by atoms with Gasteiger partial charge in [0.15, 0.2) is 11.6 Å². The van der Waals surface area contributed by atoms with Gasteiger partial charge in [-0.25, -0.2) is 0 Å². The quantitative estimate of drug-likeness (QED) is 0.585. The van der Waals surface area contributed by atoms with Crippen molar-refractivity contribution in [3.63, 3.8) is 0 Å². The van der Waals surface area contributed by atoms with Crippen molar-refractivity contribution in [2.24, 2.45) is 0 Å². The van der Waals surface area contributed by atoms with E-state index in [1.54, 1.807) is 36.4 Å². The van der Waals surface area contributed by atoms with Crippen LogP contribution in [-0.2, 0) is 11.2 Å². The van der Waals surface area contributed by atoms with Gasteiger partial charge in [-0.15, -0.1) is 0 Å². The molecule has 134 valence electrons. The van der Waals surface area contributed by atoms with Gasteiger partial charge in [0.05, 0.1) is 16.8 Å². The van der Waals surface area contributed by atoms with E-state index in [1.807, 2.05) is 0 Å². The summed E-state index contributed by atoms with van der Waals surface area (Å²) in [5.74, 6) is -2.00. The van der Waals surface area contributed by atoms with Crippen LogP contribution in [0.15, 0.2) is 48.5 Å². The van der Waals surface area contributed by atoms with E-state index in [1.165, 1.54) is 19.1 Å². The number of benzene rings is 2. The van der Waals surface area contributed by atoms with Gasteiger partial charge in [0, 0.05) is 17.5 Å². The fourth-order valence-corrected chi connectivity index (χ4v) is 3.42. The summed E-state index contributed by atoms with van der Waals surface area (Å²) in [6, 6.07) is 12.9. The molecule has 0 bridgehead atoms. The Morgan fingerprint density at radius 1 is 0.852 bits per heavy atom. The van der Waals surface area contributed by atoms with Crippen molar-refractivity contribution in [2.75, 3.05) is 0 Å². The third-order valence-electron chi connectivity index (χ3n) is 4.64. The summed E-state index contributed by atoms with van der Waals surface area (Å²) in [7, 11) is 0. The zero-order valence-corrected chi connectivity index (χ0v) is 14.4. The van der Waals surface area contributed by atoms with Crippen molar-refractivity contribution in [1.82, 2.24) is 4.57 Å². The molecule has 4 rings (SSSR count). The van der Waals surface area contributed by atoms with Crippen LogP contribution in [0.5, 0.6) is 11.8 Å². The van der Waals surface area contributed by atoms with E-state index in [0.29, 0.717) is 5.69 Å². The number of aromatic hydroxyl groups is 2. The second kappa shape index (κ2) is 5.95. The highest BCUT2D eigenvalue weighted by Gasteiger charge is 2.38. The normalized spacial score (nSPS) is 12.6. The summed E-state index contributed by atoms with van der Waals surface area (Å²) in [6.45, 7) is 1.49. The summed E-state index contributed by atoms with van der Waals surface area (Å²) in [5.41, 5.74) is 1.13. The summed E-state index contributed by atoms with van der Waals surface area (Å²) < 4.78 is 1.06. The lowest BCUT2D eigenvalue weighted by atomic mass is 9.86. The lowest BCUT2D eigenvalue weighted by Crippen LogP contribution is -2.19. The standard InChI is InChI=1S/C21H15NO5/c1-11(23)10-12-6-8-13(9-7-12)22-20(26)16-17(21(22)27)19(25)15-5-3-2-4-14(15)18(16)24/h2-9,26-27H,10H2,1H3. The number of rotatable bonds is 3. The molecular formula is C21H15NO5. The number of hydrogen-bond donors (Lipinski definition) is 2. The molecule has 1 aromatic heterocycles.